The van der Waals surface area contributed by atoms with Crippen molar-refractivity contribution < 1.29 is 0 Å². The number of piperazine rings is 1. The summed E-state index contributed by atoms with van der Waals surface area (Å²) in [5, 5.41) is 3.88. The van der Waals surface area contributed by atoms with E-state index in [2.05, 4.69) is 26.2 Å². The molecule has 0 amide bonds. The molecule has 1 N–H and O–H groups in total. The number of hydrogen-bond donors (Lipinski definition) is 1. The first kappa shape index (κ1) is 12.3. The highest BCUT2D eigenvalue weighted by molar-refractivity contribution is 7.80. The molecule has 2 heterocycles. The fraction of sp³-hybridized carbons (Fsp3) is 0.500. The number of thiocarbonyl (C=S) groups is 1. The van der Waals surface area contributed by atoms with Gasteiger partial charge in [-0.3, -0.25) is 9.88 Å². The lowest BCUT2D eigenvalue weighted by Gasteiger charge is -2.35. The Morgan fingerprint density at radius 1 is 1.35 bits per heavy atom. The number of nitrogens with zero attached hydrogens (tertiary/aromatic N) is 3. The van der Waals surface area contributed by atoms with Gasteiger partial charge in [-0.25, -0.2) is 0 Å². The van der Waals surface area contributed by atoms with E-state index in [0.717, 1.165) is 43.5 Å². The SMILES string of the molecule is CNC(=S)N1CCN(Cc2ccccn2)CC1. The van der Waals surface area contributed by atoms with Crippen molar-refractivity contribution in [2.24, 2.45) is 0 Å². The van der Waals surface area contributed by atoms with E-state index in [9.17, 15) is 0 Å². The Bertz CT molecular complexity index is 360. The molecule has 1 aliphatic heterocycles. The standard InChI is InChI=1S/C12H18N4S/c1-13-12(17)16-8-6-15(7-9-16)10-11-4-2-3-5-14-11/h2-5H,6-10H2,1H3,(H,13,17). The molecule has 0 radical (unpaired) electrons. The van der Waals surface area contributed by atoms with Crippen LogP contribution in [0.2, 0.25) is 0 Å². The van der Waals surface area contributed by atoms with Crippen molar-refractivity contribution in [1.82, 2.24) is 20.1 Å². The van der Waals surface area contributed by atoms with Gasteiger partial charge < -0.3 is 10.2 Å². The maximum absolute atomic E-state index is 5.23. The lowest BCUT2D eigenvalue weighted by Crippen LogP contribution is -2.50. The first-order valence-electron chi connectivity index (χ1n) is 5.88. The summed E-state index contributed by atoms with van der Waals surface area (Å²) < 4.78 is 0. The number of rotatable bonds is 2. The van der Waals surface area contributed by atoms with Crippen LogP contribution in [-0.2, 0) is 6.54 Å². The highest BCUT2D eigenvalue weighted by Crippen LogP contribution is 2.06. The highest BCUT2D eigenvalue weighted by Gasteiger charge is 2.18. The fourth-order valence-electron chi connectivity index (χ4n) is 1.99. The van der Waals surface area contributed by atoms with Crippen molar-refractivity contribution in [3.8, 4) is 0 Å². The minimum atomic E-state index is 0.850. The van der Waals surface area contributed by atoms with Gasteiger partial charge in [0.05, 0.1) is 5.69 Å². The summed E-state index contributed by atoms with van der Waals surface area (Å²) in [5.41, 5.74) is 1.14. The van der Waals surface area contributed by atoms with Gasteiger partial charge in [-0.1, -0.05) is 6.07 Å². The van der Waals surface area contributed by atoms with Gasteiger partial charge in [0, 0.05) is 46.0 Å². The molecule has 0 atom stereocenters. The van der Waals surface area contributed by atoms with Crippen LogP contribution < -0.4 is 5.32 Å². The second-order valence-corrected chi connectivity index (χ2v) is 4.53. The summed E-state index contributed by atoms with van der Waals surface area (Å²) in [7, 11) is 1.88. The molecule has 2 rings (SSSR count). The summed E-state index contributed by atoms with van der Waals surface area (Å²) in [4.78, 5) is 8.98. The maximum atomic E-state index is 5.23. The third-order valence-corrected chi connectivity index (χ3v) is 3.45. The average molecular weight is 250 g/mol. The number of nitrogens with one attached hydrogen (secondary N) is 1. The second kappa shape index (κ2) is 5.93. The smallest absolute Gasteiger partial charge is 0.168 e. The van der Waals surface area contributed by atoms with Gasteiger partial charge in [0.2, 0.25) is 0 Å². The molecular formula is C12H18N4S. The van der Waals surface area contributed by atoms with Crippen LogP contribution in [0, 0.1) is 0 Å². The van der Waals surface area contributed by atoms with Crippen LogP contribution in [0.15, 0.2) is 24.4 Å². The van der Waals surface area contributed by atoms with E-state index in [1.807, 2.05) is 25.4 Å². The van der Waals surface area contributed by atoms with E-state index >= 15 is 0 Å². The van der Waals surface area contributed by atoms with E-state index in [-0.39, 0.29) is 0 Å². The van der Waals surface area contributed by atoms with Crippen LogP contribution in [0.4, 0.5) is 0 Å². The molecule has 4 nitrogen and oxygen atoms in total. The lowest BCUT2D eigenvalue weighted by atomic mass is 10.3. The predicted octanol–water partition coefficient (Wildman–Crippen LogP) is 0.703. The molecule has 1 aliphatic rings. The van der Waals surface area contributed by atoms with E-state index in [4.69, 9.17) is 12.2 Å². The Morgan fingerprint density at radius 3 is 2.71 bits per heavy atom. The Hall–Kier alpha value is -1.20. The van der Waals surface area contributed by atoms with Gasteiger partial charge in [0.15, 0.2) is 5.11 Å². The van der Waals surface area contributed by atoms with Gasteiger partial charge in [-0.2, -0.15) is 0 Å². The highest BCUT2D eigenvalue weighted by atomic mass is 32.1. The van der Waals surface area contributed by atoms with Crippen LogP contribution in [0.1, 0.15) is 5.69 Å². The molecule has 0 aliphatic carbocycles. The summed E-state index contributed by atoms with van der Waals surface area (Å²) in [6, 6.07) is 6.06. The zero-order chi connectivity index (χ0) is 12.1. The van der Waals surface area contributed by atoms with Gasteiger partial charge in [-0.05, 0) is 24.4 Å². The van der Waals surface area contributed by atoms with Gasteiger partial charge in [-0.15, -0.1) is 0 Å². The molecule has 1 aromatic heterocycles. The normalized spacial score (nSPS) is 16.9. The summed E-state index contributed by atoms with van der Waals surface area (Å²) >= 11 is 5.23. The minimum Gasteiger partial charge on any atom is -0.366 e. The maximum Gasteiger partial charge on any atom is 0.168 e. The fourth-order valence-corrected chi connectivity index (χ4v) is 2.17. The van der Waals surface area contributed by atoms with Crippen molar-refractivity contribution in [1.29, 1.82) is 0 Å². The van der Waals surface area contributed by atoms with E-state index in [0.29, 0.717) is 0 Å². The van der Waals surface area contributed by atoms with E-state index < -0.39 is 0 Å². The molecule has 1 aromatic rings. The molecule has 0 spiro atoms. The Morgan fingerprint density at radius 2 is 2.12 bits per heavy atom. The first-order valence-corrected chi connectivity index (χ1v) is 6.29. The summed E-state index contributed by atoms with van der Waals surface area (Å²) in [5.74, 6) is 0. The van der Waals surface area contributed by atoms with Crippen molar-refractivity contribution >= 4 is 17.3 Å². The monoisotopic (exact) mass is 250 g/mol. The zero-order valence-electron chi connectivity index (χ0n) is 10.1. The van der Waals surface area contributed by atoms with E-state index in [1.54, 1.807) is 0 Å². The first-order chi connectivity index (χ1) is 8.29. The van der Waals surface area contributed by atoms with Crippen LogP contribution in [-0.4, -0.2) is 53.1 Å². The molecule has 0 unspecified atom stereocenters. The minimum absolute atomic E-state index is 0.850. The Kier molecular flexibility index (Phi) is 4.28. The summed E-state index contributed by atoms with van der Waals surface area (Å²) in [6.45, 7) is 5.00. The molecule has 0 bridgehead atoms. The topological polar surface area (TPSA) is 31.4 Å². The van der Waals surface area contributed by atoms with Crippen molar-refractivity contribution in [3.63, 3.8) is 0 Å². The second-order valence-electron chi connectivity index (χ2n) is 4.14. The van der Waals surface area contributed by atoms with Gasteiger partial charge in [0.25, 0.3) is 0 Å². The molecule has 5 heteroatoms. The molecule has 1 saturated heterocycles. The van der Waals surface area contributed by atoms with Crippen molar-refractivity contribution in [2.45, 2.75) is 6.54 Å². The Balaban J connectivity index is 1.82. The predicted molar refractivity (Wildman–Crippen MR) is 72.7 cm³/mol. The number of hydrogen-bond acceptors (Lipinski definition) is 3. The van der Waals surface area contributed by atoms with Crippen LogP contribution in [0.3, 0.4) is 0 Å². The molecule has 0 aromatic carbocycles. The third-order valence-electron chi connectivity index (χ3n) is 2.99. The van der Waals surface area contributed by atoms with Crippen molar-refractivity contribution in [2.75, 3.05) is 33.2 Å². The summed E-state index contributed by atoms with van der Waals surface area (Å²) in [6.07, 6.45) is 1.85. The molecule has 17 heavy (non-hydrogen) atoms. The van der Waals surface area contributed by atoms with Crippen LogP contribution in [0.5, 0.6) is 0 Å². The Labute approximate surface area is 108 Å². The quantitative estimate of drug-likeness (QED) is 0.781. The largest absolute Gasteiger partial charge is 0.366 e. The van der Waals surface area contributed by atoms with Gasteiger partial charge in [0.1, 0.15) is 0 Å². The molecule has 0 saturated carbocycles. The molecule has 92 valence electrons. The van der Waals surface area contributed by atoms with Crippen LogP contribution in [0.25, 0.3) is 0 Å². The number of pyridine rings is 1. The zero-order valence-corrected chi connectivity index (χ0v) is 10.9. The molecule has 1 fully saturated rings. The van der Waals surface area contributed by atoms with Crippen molar-refractivity contribution in [3.05, 3.63) is 30.1 Å². The van der Waals surface area contributed by atoms with E-state index in [1.165, 1.54) is 0 Å². The average Bonchev–Trinajstić information content (AvgIpc) is 2.40. The molecular weight excluding hydrogens is 232 g/mol. The lowest BCUT2D eigenvalue weighted by molar-refractivity contribution is 0.173. The van der Waals surface area contributed by atoms with Gasteiger partial charge >= 0.3 is 0 Å². The third kappa shape index (κ3) is 3.38. The number of aromatic nitrogens is 1. The van der Waals surface area contributed by atoms with Crippen LogP contribution >= 0.6 is 12.2 Å².